The van der Waals surface area contributed by atoms with Crippen LogP contribution in [0.4, 0.5) is 5.69 Å². The molecule has 2 heterocycles. The van der Waals surface area contributed by atoms with Crippen molar-refractivity contribution in [2.75, 3.05) is 5.32 Å². The van der Waals surface area contributed by atoms with Crippen LogP contribution in [-0.4, -0.2) is 27.9 Å². The molecule has 1 fully saturated rings. The zero-order chi connectivity index (χ0) is 17.3. The summed E-state index contributed by atoms with van der Waals surface area (Å²) in [6.07, 6.45) is 1.24. The molecule has 1 aliphatic rings. The number of para-hydroxylation sites is 1. The maximum absolute atomic E-state index is 11.9. The van der Waals surface area contributed by atoms with Crippen molar-refractivity contribution in [3.63, 3.8) is 0 Å². The molecule has 24 heavy (non-hydrogen) atoms. The van der Waals surface area contributed by atoms with E-state index in [9.17, 15) is 9.59 Å². The van der Waals surface area contributed by atoms with E-state index in [1.54, 1.807) is 31.2 Å². The number of hydrogen-bond donors (Lipinski definition) is 1. The highest BCUT2D eigenvalue weighted by atomic mass is 16.7. The molecule has 2 aromatic rings. The number of anilines is 1. The molecular formula is C16H15N3O5. The molecule has 3 rings (SSSR count). The van der Waals surface area contributed by atoms with Crippen LogP contribution < -0.4 is 5.32 Å². The van der Waals surface area contributed by atoms with Crippen LogP contribution in [0.15, 0.2) is 40.6 Å². The third-order valence-corrected chi connectivity index (χ3v) is 3.17. The number of esters is 2. The van der Waals surface area contributed by atoms with E-state index in [1.165, 1.54) is 20.0 Å². The lowest BCUT2D eigenvalue weighted by molar-refractivity contribution is -0.222. The topological polar surface area (TPSA) is 104 Å². The molecule has 0 atom stereocenters. The number of hydrogen-bond acceptors (Lipinski definition) is 8. The van der Waals surface area contributed by atoms with Crippen LogP contribution in [0.2, 0.25) is 0 Å². The number of aryl methyl sites for hydroxylation is 1. The van der Waals surface area contributed by atoms with Crippen molar-refractivity contribution in [2.24, 2.45) is 0 Å². The van der Waals surface area contributed by atoms with E-state index < -0.39 is 17.7 Å². The Hall–Kier alpha value is -3.16. The Kier molecular flexibility index (Phi) is 3.80. The fraction of sp³-hybridized carbons (Fsp3) is 0.250. The lowest BCUT2D eigenvalue weighted by atomic mass is 10.1. The van der Waals surface area contributed by atoms with Crippen LogP contribution in [-0.2, 0) is 19.1 Å². The van der Waals surface area contributed by atoms with Gasteiger partial charge >= 0.3 is 11.9 Å². The molecule has 0 spiro atoms. The fourth-order valence-electron chi connectivity index (χ4n) is 2.13. The van der Waals surface area contributed by atoms with Crippen LogP contribution in [0.25, 0.3) is 11.5 Å². The van der Waals surface area contributed by atoms with Gasteiger partial charge in [-0.05, 0) is 19.1 Å². The molecule has 0 aliphatic carbocycles. The van der Waals surface area contributed by atoms with Gasteiger partial charge < -0.3 is 19.3 Å². The summed E-state index contributed by atoms with van der Waals surface area (Å²) in [6, 6.07) is 7.11. The first-order valence-electron chi connectivity index (χ1n) is 7.19. The first-order chi connectivity index (χ1) is 11.4. The molecule has 1 saturated heterocycles. The van der Waals surface area contributed by atoms with E-state index in [2.05, 4.69) is 15.5 Å². The predicted octanol–water partition coefficient (Wildman–Crippen LogP) is 2.18. The van der Waals surface area contributed by atoms with Gasteiger partial charge in [0.15, 0.2) is 11.4 Å². The Morgan fingerprint density at radius 2 is 1.79 bits per heavy atom. The molecule has 8 heteroatoms. The van der Waals surface area contributed by atoms with E-state index in [0.29, 0.717) is 23.0 Å². The van der Waals surface area contributed by atoms with Gasteiger partial charge in [0.25, 0.3) is 11.7 Å². The fourth-order valence-corrected chi connectivity index (χ4v) is 2.13. The van der Waals surface area contributed by atoms with Crippen LogP contribution in [0.3, 0.4) is 0 Å². The number of carbonyl (C=O) groups is 2. The van der Waals surface area contributed by atoms with E-state index in [-0.39, 0.29) is 5.57 Å². The Bertz CT molecular complexity index is 816. The number of benzene rings is 1. The normalized spacial score (nSPS) is 16.4. The summed E-state index contributed by atoms with van der Waals surface area (Å²) >= 11 is 0. The molecule has 1 aromatic heterocycles. The second-order valence-corrected chi connectivity index (χ2v) is 5.57. The van der Waals surface area contributed by atoms with E-state index in [1.807, 2.05) is 0 Å². The summed E-state index contributed by atoms with van der Waals surface area (Å²) in [5, 5.41) is 6.63. The van der Waals surface area contributed by atoms with E-state index >= 15 is 0 Å². The summed E-state index contributed by atoms with van der Waals surface area (Å²) in [6.45, 7) is 4.68. The maximum Gasteiger partial charge on any atom is 0.350 e. The zero-order valence-corrected chi connectivity index (χ0v) is 13.3. The average molecular weight is 329 g/mol. The molecule has 1 aromatic carbocycles. The molecule has 0 amide bonds. The number of carbonyl (C=O) groups excluding carboxylic acids is 2. The van der Waals surface area contributed by atoms with E-state index in [4.69, 9.17) is 14.0 Å². The first-order valence-corrected chi connectivity index (χ1v) is 7.19. The zero-order valence-electron chi connectivity index (χ0n) is 13.3. The van der Waals surface area contributed by atoms with Gasteiger partial charge in [0.1, 0.15) is 0 Å². The largest absolute Gasteiger partial charge is 0.419 e. The number of rotatable bonds is 3. The third kappa shape index (κ3) is 3.12. The number of cyclic esters (lactones) is 2. The Labute approximate surface area is 137 Å². The van der Waals surface area contributed by atoms with Crippen molar-refractivity contribution in [3.05, 3.63) is 41.9 Å². The SMILES string of the molecule is Cc1noc(-c2ccccc2NC=C2C(=O)OC(C)(C)OC2=O)n1. The van der Waals surface area contributed by atoms with Crippen molar-refractivity contribution in [3.8, 4) is 11.5 Å². The molecular weight excluding hydrogens is 314 g/mol. The first kappa shape index (κ1) is 15.7. The average Bonchev–Trinajstić information content (AvgIpc) is 2.92. The number of ether oxygens (including phenoxy) is 2. The van der Waals surface area contributed by atoms with Gasteiger partial charge in [-0.3, -0.25) is 0 Å². The van der Waals surface area contributed by atoms with Crippen molar-refractivity contribution in [1.29, 1.82) is 0 Å². The molecule has 0 unspecified atom stereocenters. The molecule has 1 N–H and O–H groups in total. The predicted molar refractivity (Wildman–Crippen MR) is 82.4 cm³/mol. The summed E-state index contributed by atoms with van der Waals surface area (Å²) < 4.78 is 15.2. The molecule has 0 radical (unpaired) electrons. The van der Waals surface area contributed by atoms with Crippen LogP contribution in [0.5, 0.6) is 0 Å². The van der Waals surface area contributed by atoms with Crippen LogP contribution in [0, 0.1) is 6.92 Å². The number of nitrogens with zero attached hydrogens (tertiary/aromatic N) is 2. The van der Waals surface area contributed by atoms with Gasteiger partial charge in [0, 0.05) is 20.0 Å². The van der Waals surface area contributed by atoms with Gasteiger partial charge in [0.05, 0.1) is 11.3 Å². The minimum Gasteiger partial charge on any atom is -0.419 e. The van der Waals surface area contributed by atoms with Crippen molar-refractivity contribution >= 4 is 17.6 Å². The van der Waals surface area contributed by atoms with E-state index in [0.717, 1.165) is 0 Å². The second kappa shape index (κ2) is 5.80. The summed E-state index contributed by atoms with van der Waals surface area (Å²) in [7, 11) is 0. The lowest BCUT2D eigenvalue weighted by Crippen LogP contribution is -2.42. The highest BCUT2D eigenvalue weighted by molar-refractivity contribution is 6.15. The minimum atomic E-state index is -1.27. The molecule has 1 aliphatic heterocycles. The number of aromatic nitrogens is 2. The highest BCUT2D eigenvalue weighted by Crippen LogP contribution is 2.27. The third-order valence-electron chi connectivity index (χ3n) is 3.17. The van der Waals surface area contributed by atoms with Gasteiger partial charge in [-0.25, -0.2) is 9.59 Å². The summed E-state index contributed by atoms with van der Waals surface area (Å²) in [5.74, 6) is -1.96. The standard InChI is InChI=1S/C16H15N3O5/c1-9-18-13(24-19-9)10-6-4-5-7-12(10)17-8-11-14(20)22-16(2,3)23-15(11)21/h4-8,17H,1-3H3. The highest BCUT2D eigenvalue weighted by Gasteiger charge is 2.38. The summed E-state index contributed by atoms with van der Waals surface area (Å²) in [5.41, 5.74) is 0.984. The Morgan fingerprint density at radius 3 is 2.42 bits per heavy atom. The van der Waals surface area contributed by atoms with Crippen LogP contribution >= 0.6 is 0 Å². The van der Waals surface area contributed by atoms with Crippen LogP contribution in [0.1, 0.15) is 19.7 Å². The summed E-state index contributed by atoms with van der Waals surface area (Å²) in [4.78, 5) is 28.0. The number of nitrogens with one attached hydrogen (secondary N) is 1. The molecule has 124 valence electrons. The molecule has 0 saturated carbocycles. The Morgan fingerprint density at radius 1 is 1.12 bits per heavy atom. The van der Waals surface area contributed by atoms with Crippen molar-refractivity contribution in [2.45, 2.75) is 26.6 Å². The molecule has 0 bridgehead atoms. The Balaban J connectivity index is 1.87. The van der Waals surface area contributed by atoms with Crippen molar-refractivity contribution in [1.82, 2.24) is 10.1 Å². The van der Waals surface area contributed by atoms with Gasteiger partial charge in [-0.1, -0.05) is 17.3 Å². The maximum atomic E-state index is 11.9. The van der Waals surface area contributed by atoms with Gasteiger partial charge in [-0.2, -0.15) is 4.98 Å². The van der Waals surface area contributed by atoms with Crippen molar-refractivity contribution < 1.29 is 23.6 Å². The minimum absolute atomic E-state index is 0.231. The lowest BCUT2D eigenvalue weighted by Gasteiger charge is -2.29. The van der Waals surface area contributed by atoms with Gasteiger partial charge in [0.2, 0.25) is 0 Å². The van der Waals surface area contributed by atoms with Gasteiger partial charge in [-0.15, -0.1) is 0 Å². The quantitative estimate of drug-likeness (QED) is 0.519. The monoisotopic (exact) mass is 329 g/mol. The molecule has 8 nitrogen and oxygen atoms in total. The second-order valence-electron chi connectivity index (χ2n) is 5.57. The smallest absolute Gasteiger partial charge is 0.350 e.